The molecule has 1 aromatic heterocycles. The van der Waals surface area contributed by atoms with Crippen LogP contribution in [0, 0.1) is 17.8 Å². The average molecular weight is 245 g/mol. The third kappa shape index (κ3) is 2.01. The van der Waals surface area contributed by atoms with Gasteiger partial charge in [0.25, 0.3) is 0 Å². The maximum Gasteiger partial charge on any atom is 0.128 e. The Labute approximate surface area is 109 Å². The van der Waals surface area contributed by atoms with Crippen molar-refractivity contribution < 1.29 is 0 Å². The third-order valence-corrected chi connectivity index (χ3v) is 4.85. The van der Waals surface area contributed by atoms with Gasteiger partial charge in [0.15, 0.2) is 0 Å². The lowest BCUT2D eigenvalue weighted by Crippen LogP contribution is -2.32. The Hall–Kier alpha value is -1.09. The molecule has 0 spiro atoms. The van der Waals surface area contributed by atoms with Crippen LogP contribution in [0.1, 0.15) is 44.2 Å². The van der Waals surface area contributed by atoms with Gasteiger partial charge in [-0.1, -0.05) is 19.4 Å². The van der Waals surface area contributed by atoms with Gasteiger partial charge < -0.3 is 11.1 Å². The topological polar surface area (TPSA) is 50.9 Å². The number of anilines is 1. The van der Waals surface area contributed by atoms with Crippen molar-refractivity contribution in [2.24, 2.45) is 17.8 Å². The molecule has 0 aliphatic heterocycles. The van der Waals surface area contributed by atoms with Crippen molar-refractivity contribution in [3.8, 4) is 0 Å². The molecule has 3 nitrogen and oxygen atoms in total. The fourth-order valence-electron chi connectivity index (χ4n) is 4.11. The number of nitrogens with one attached hydrogen (secondary N) is 1. The molecule has 98 valence electrons. The van der Waals surface area contributed by atoms with Gasteiger partial charge in [0.1, 0.15) is 5.82 Å². The lowest BCUT2D eigenvalue weighted by Gasteiger charge is -2.31. The highest BCUT2D eigenvalue weighted by Gasteiger charge is 2.43. The first-order valence-electron chi connectivity index (χ1n) is 7.23. The minimum atomic E-state index is 0.402. The van der Waals surface area contributed by atoms with E-state index in [9.17, 15) is 0 Å². The number of nitrogens with two attached hydrogens (primary N) is 1. The predicted octanol–water partition coefficient (Wildman–Crippen LogP) is 2.75. The zero-order valence-corrected chi connectivity index (χ0v) is 11.1. The van der Waals surface area contributed by atoms with Crippen molar-refractivity contribution in [2.75, 3.05) is 12.3 Å². The lowest BCUT2D eigenvalue weighted by molar-refractivity contribution is 0.253. The molecule has 4 unspecified atom stereocenters. The molecule has 2 aliphatic carbocycles. The van der Waals surface area contributed by atoms with Crippen molar-refractivity contribution >= 4 is 5.82 Å². The summed E-state index contributed by atoms with van der Waals surface area (Å²) in [6, 6.07) is 4.55. The number of aromatic nitrogens is 1. The normalized spacial score (nSPS) is 31.7. The highest BCUT2D eigenvalue weighted by atomic mass is 14.9. The van der Waals surface area contributed by atoms with Crippen molar-refractivity contribution in [1.82, 2.24) is 10.3 Å². The summed E-state index contributed by atoms with van der Waals surface area (Å²) in [5.74, 6) is 3.33. The van der Waals surface area contributed by atoms with E-state index in [1.54, 1.807) is 6.20 Å². The Balaban J connectivity index is 1.86. The van der Waals surface area contributed by atoms with Crippen LogP contribution in [0.2, 0.25) is 0 Å². The van der Waals surface area contributed by atoms with E-state index in [0.29, 0.717) is 11.9 Å². The molecule has 18 heavy (non-hydrogen) atoms. The molecule has 2 saturated carbocycles. The van der Waals surface area contributed by atoms with Gasteiger partial charge in [0.2, 0.25) is 0 Å². The van der Waals surface area contributed by atoms with Gasteiger partial charge in [-0.25, -0.2) is 4.98 Å². The number of hydrogen-bond donors (Lipinski definition) is 2. The molecule has 2 aliphatic rings. The maximum absolute atomic E-state index is 6.07. The number of rotatable bonds is 4. The second-order valence-electron chi connectivity index (χ2n) is 5.85. The van der Waals surface area contributed by atoms with Gasteiger partial charge in [-0.05, 0) is 49.6 Å². The van der Waals surface area contributed by atoms with Crippen LogP contribution in [-0.4, -0.2) is 11.5 Å². The molecule has 1 aromatic rings. The summed E-state index contributed by atoms with van der Waals surface area (Å²) in [7, 11) is 0. The van der Waals surface area contributed by atoms with E-state index in [2.05, 4.69) is 23.3 Å². The molecule has 3 N–H and O–H groups in total. The highest BCUT2D eigenvalue weighted by Crippen LogP contribution is 2.52. The summed E-state index contributed by atoms with van der Waals surface area (Å²) in [6.07, 6.45) is 7.45. The van der Waals surface area contributed by atoms with E-state index in [1.165, 1.54) is 31.2 Å². The molecule has 0 radical (unpaired) electrons. The standard InChI is InChI=1S/C15H23N3/c1-2-17-14(12-4-3-7-18-15(12)16)13-9-10-5-6-11(13)8-10/h3-4,7,10-11,13-14,17H,2,5-6,8-9H2,1H3,(H2,16,18). The Morgan fingerprint density at radius 1 is 1.44 bits per heavy atom. The Kier molecular flexibility index (Phi) is 3.25. The highest BCUT2D eigenvalue weighted by molar-refractivity contribution is 5.41. The van der Waals surface area contributed by atoms with Crippen LogP contribution in [0.25, 0.3) is 0 Å². The second-order valence-corrected chi connectivity index (χ2v) is 5.85. The zero-order valence-electron chi connectivity index (χ0n) is 11.1. The van der Waals surface area contributed by atoms with E-state index in [1.807, 2.05) is 6.07 Å². The first-order valence-corrected chi connectivity index (χ1v) is 7.23. The zero-order chi connectivity index (χ0) is 12.5. The van der Waals surface area contributed by atoms with Gasteiger partial charge in [0, 0.05) is 17.8 Å². The summed E-state index contributed by atoms with van der Waals surface area (Å²) < 4.78 is 0. The molecule has 3 rings (SSSR count). The third-order valence-electron chi connectivity index (χ3n) is 4.85. The van der Waals surface area contributed by atoms with Crippen LogP contribution in [0.3, 0.4) is 0 Å². The minimum Gasteiger partial charge on any atom is -0.383 e. The number of pyridine rings is 1. The molecular weight excluding hydrogens is 222 g/mol. The van der Waals surface area contributed by atoms with Crippen LogP contribution >= 0.6 is 0 Å². The van der Waals surface area contributed by atoms with Crippen LogP contribution in [0.15, 0.2) is 18.3 Å². The van der Waals surface area contributed by atoms with Crippen molar-refractivity contribution in [3.05, 3.63) is 23.9 Å². The van der Waals surface area contributed by atoms with Gasteiger partial charge in [-0.15, -0.1) is 0 Å². The molecule has 3 heteroatoms. The van der Waals surface area contributed by atoms with Gasteiger partial charge >= 0.3 is 0 Å². The molecule has 4 atom stereocenters. The largest absolute Gasteiger partial charge is 0.383 e. The molecular formula is C15H23N3. The monoisotopic (exact) mass is 245 g/mol. The minimum absolute atomic E-state index is 0.402. The van der Waals surface area contributed by atoms with E-state index >= 15 is 0 Å². The van der Waals surface area contributed by atoms with E-state index < -0.39 is 0 Å². The number of nitrogens with zero attached hydrogens (tertiary/aromatic N) is 1. The molecule has 0 aromatic carbocycles. The summed E-state index contributed by atoms with van der Waals surface area (Å²) in [5, 5.41) is 3.65. The van der Waals surface area contributed by atoms with E-state index in [4.69, 9.17) is 5.73 Å². The Morgan fingerprint density at radius 2 is 2.33 bits per heavy atom. The van der Waals surface area contributed by atoms with E-state index in [0.717, 1.165) is 24.3 Å². The molecule has 2 fully saturated rings. The van der Waals surface area contributed by atoms with Crippen molar-refractivity contribution in [3.63, 3.8) is 0 Å². The summed E-state index contributed by atoms with van der Waals surface area (Å²) in [4.78, 5) is 4.25. The summed E-state index contributed by atoms with van der Waals surface area (Å²) in [5.41, 5.74) is 7.27. The van der Waals surface area contributed by atoms with E-state index in [-0.39, 0.29) is 0 Å². The molecule has 0 saturated heterocycles. The first kappa shape index (κ1) is 12.0. The van der Waals surface area contributed by atoms with Gasteiger partial charge in [-0.2, -0.15) is 0 Å². The quantitative estimate of drug-likeness (QED) is 0.857. The van der Waals surface area contributed by atoms with Gasteiger partial charge in [0.05, 0.1) is 0 Å². The predicted molar refractivity (Wildman–Crippen MR) is 74.0 cm³/mol. The summed E-state index contributed by atoms with van der Waals surface area (Å²) in [6.45, 7) is 3.17. The Morgan fingerprint density at radius 3 is 2.94 bits per heavy atom. The fraction of sp³-hybridized carbons (Fsp3) is 0.667. The second kappa shape index (κ2) is 4.88. The maximum atomic E-state index is 6.07. The number of nitrogen functional groups attached to an aromatic ring is 1. The average Bonchev–Trinajstić information content (AvgIpc) is 2.99. The van der Waals surface area contributed by atoms with Crippen molar-refractivity contribution in [2.45, 2.75) is 38.6 Å². The number of hydrogen-bond acceptors (Lipinski definition) is 3. The lowest BCUT2D eigenvalue weighted by atomic mass is 9.80. The van der Waals surface area contributed by atoms with Crippen LogP contribution in [0.5, 0.6) is 0 Å². The van der Waals surface area contributed by atoms with Crippen LogP contribution < -0.4 is 11.1 Å². The summed E-state index contributed by atoms with van der Waals surface area (Å²) >= 11 is 0. The van der Waals surface area contributed by atoms with Crippen LogP contribution in [0.4, 0.5) is 5.82 Å². The molecule has 1 heterocycles. The van der Waals surface area contributed by atoms with Crippen LogP contribution in [-0.2, 0) is 0 Å². The van der Waals surface area contributed by atoms with Gasteiger partial charge in [-0.3, -0.25) is 0 Å². The number of fused-ring (bicyclic) bond motifs is 2. The molecule has 2 bridgehead atoms. The van der Waals surface area contributed by atoms with Crippen molar-refractivity contribution in [1.29, 1.82) is 0 Å². The Bertz CT molecular complexity index is 418. The molecule has 0 amide bonds. The smallest absolute Gasteiger partial charge is 0.128 e. The SMILES string of the molecule is CCNC(c1cccnc1N)C1CC2CCC1C2. The fourth-order valence-corrected chi connectivity index (χ4v) is 4.11. The first-order chi connectivity index (χ1) is 8.79.